The molecule has 4 heterocycles. The van der Waals surface area contributed by atoms with Gasteiger partial charge in [-0.15, -0.1) is 0 Å². The van der Waals surface area contributed by atoms with Crippen LogP contribution in [0.3, 0.4) is 0 Å². The number of hydrogen-bond acceptors (Lipinski definition) is 5. The molecule has 10 heteroatoms. The van der Waals surface area contributed by atoms with Crippen LogP contribution < -0.4 is 5.56 Å². The molecule has 0 radical (unpaired) electrons. The molecule has 2 aromatic carbocycles. The number of nitrogens with zero attached hydrogens (tertiary/aromatic N) is 6. The molecule has 9 nitrogen and oxygen atoms in total. The average molecular weight is 571 g/mol. The lowest BCUT2D eigenvalue weighted by Crippen LogP contribution is -2.36. The highest BCUT2D eigenvalue weighted by molar-refractivity contribution is 7.89. The first kappa shape index (κ1) is 27.2. The molecule has 1 atom stereocenters. The van der Waals surface area contributed by atoms with Gasteiger partial charge in [-0.1, -0.05) is 30.3 Å². The van der Waals surface area contributed by atoms with Crippen molar-refractivity contribution in [2.45, 2.75) is 50.1 Å². The van der Waals surface area contributed by atoms with Crippen LogP contribution in [0.15, 0.2) is 89.1 Å². The molecule has 0 saturated carbocycles. The Bertz CT molecular complexity index is 1910. The molecule has 41 heavy (non-hydrogen) atoms. The van der Waals surface area contributed by atoms with Gasteiger partial charge in [0, 0.05) is 55.4 Å². The first-order valence-electron chi connectivity index (χ1n) is 13.8. The second-order valence-electron chi connectivity index (χ2n) is 11.4. The van der Waals surface area contributed by atoms with Gasteiger partial charge >= 0.3 is 0 Å². The van der Waals surface area contributed by atoms with Crippen LogP contribution in [0.25, 0.3) is 16.6 Å². The van der Waals surface area contributed by atoms with Gasteiger partial charge in [0.05, 0.1) is 17.4 Å². The number of aryl methyl sites for hydroxylation is 2. The first-order valence-corrected chi connectivity index (χ1v) is 15.3. The normalized spacial score (nSPS) is 18.1. The highest BCUT2D eigenvalue weighted by Crippen LogP contribution is 2.42. The van der Waals surface area contributed by atoms with Gasteiger partial charge in [0.2, 0.25) is 0 Å². The van der Waals surface area contributed by atoms with Crippen molar-refractivity contribution in [3.05, 3.63) is 106 Å². The van der Waals surface area contributed by atoms with E-state index in [4.69, 9.17) is 5.10 Å². The van der Waals surface area contributed by atoms with E-state index in [1.807, 2.05) is 49.1 Å². The molecule has 0 spiro atoms. The number of aromatic nitrogens is 5. The van der Waals surface area contributed by atoms with Crippen LogP contribution in [0, 0.1) is 6.92 Å². The Labute approximate surface area is 239 Å². The molecule has 1 fully saturated rings. The SMILES string of the molecule is Cc1cc2c(cnn2-c2ccc(=O)n(C(C)C)c2)cc1C1(Cc2ccccc2)CCN(S(=O)(=O)c2ccn(C)n2)C1. The van der Waals surface area contributed by atoms with Crippen molar-refractivity contribution in [1.82, 2.24) is 28.4 Å². The summed E-state index contributed by atoms with van der Waals surface area (Å²) in [4.78, 5) is 12.3. The van der Waals surface area contributed by atoms with E-state index in [1.165, 1.54) is 4.68 Å². The van der Waals surface area contributed by atoms with E-state index in [-0.39, 0.29) is 16.6 Å². The topological polar surface area (TPSA) is 95.0 Å². The monoisotopic (exact) mass is 570 g/mol. The fraction of sp³-hybridized carbons (Fsp3) is 0.323. The number of benzene rings is 2. The zero-order chi connectivity index (χ0) is 28.9. The van der Waals surface area contributed by atoms with Gasteiger partial charge in [0.25, 0.3) is 15.6 Å². The number of pyridine rings is 1. The molecule has 1 aliphatic rings. The third-order valence-electron chi connectivity index (χ3n) is 8.21. The molecule has 1 unspecified atom stereocenters. The van der Waals surface area contributed by atoms with Crippen LogP contribution in [-0.4, -0.2) is 49.9 Å². The minimum Gasteiger partial charge on any atom is -0.311 e. The van der Waals surface area contributed by atoms with Gasteiger partial charge in [-0.3, -0.25) is 9.48 Å². The quantitative estimate of drug-likeness (QED) is 0.289. The standard InChI is InChI=1S/C31H34N6O3S/c1-22(2)36-20-26(10-11-30(36)38)37-28-16-23(3)27(17-25(28)19-32-37)31(18-24-8-6-5-7-9-24)13-15-35(21-31)41(39,40)29-12-14-34(4)33-29/h5-12,14,16-17,19-20,22H,13,15,18,21H2,1-4H3. The molecule has 0 aliphatic carbocycles. The Morgan fingerprint density at radius 2 is 1.83 bits per heavy atom. The van der Waals surface area contributed by atoms with E-state index < -0.39 is 15.4 Å². The Morgan fingerprint density at radius 3 is 2.54 bits per heavy atom. The third-order valence-corrected chi connectivity index (χ3v) is 9.94. The lowest BCUT2D eigenvalue weighted by molar-refractivity contribution is 0.412. The van der Waals surface area contributed by atoms with E-state index in [2.05, 4.69) is 36.3 Å². The van der Waals surface area contributed by atoms with E-state index in [0.717, 1.165) is 33.3 Å². The fourth-order valence-corrected chi connectivity index (χ4v) is 7.60. The van der Waals surface area contributed by atoms with Gasteiger partial charge in [0.15, 0.2) is 5.03 Å². The Hall–Kier alpha value is -4.02. The predicted molar refractivity (Wildman–Crippen MR) is 159 cm³/mol. The van der Waals surface area contributed by atoms with E-state index >= 15 is 0 Å². The molecular weight excluding hydrogens is 536 g/mol. The summed E-state index contributed by atoms with van der Waals surface area (Å²) in [6.07, 6.45) is 6.74. The van der Waals surface area contributed by atoms with Crippen LogP contribution in [0.2, 0.25) is 0 Å². The van der Waals surface area contributed by atoms with Crippen molar-refractivity contribution < 1.29 is 8.42 Å². The van der Waals surface area contributed by atoms with Crippen LogP contribution in [0.1, 0.15) is 43.0 Å². The first-order chi connectivity index (χ1) is 19.6. The molecule has 0 N–H and O–H groups in total. The second-order valence-corrected chi connectivity index (χ2v) is 13.3. The van der Waals surface area contributed by atoms with Gasteiger partial charge in [0.1, 0.15) is 0 Å². The van der Waals surface area contributed by atoms with Gasteiger partial charge < -0.3 is 4.57 Å². The summed E-state index contributed by atoms with van der Waals surface area (Å²) in [7, 11) is -2.01. The average Bonchev–Trinajstić information content (AvgIpc) is 3.68. The maximum absolute atomic E-state index is 13.6. The lowest BCUT2D eigenvalue weighted by Gasteiger charge is -2.32. The van der Waals surface area contributed by atoms with E-state index in [9.17, 15) is 13.2 Å². The summed E-state index contributed by atoms with van der Waals surface area (Å²) < 4.78 is 33.8. The van der Waals surface area contributed by atoms with Crippen molar-refractivity contribution in [3.8, 4) is 5.69 Å². The molecule has 0 bridgehead atoms. The largest absolute Gasteiger partial charge is 0.311 e. The molecule has 1 saturated heterocycles. The lowest BCUT2D eigenvalue weighted by atomic mass is 9.73. The van der Waals surface area contributed by atoms with Crippen molar-refractivity contribution >= 4 is 20.9 Å². The van der Waals surface area contributed by atoms with Crippen molar-refractivity contribution in [2.75, 3.05) is 13.1 Å². The Kier molecular flexibility index (Phi) is 6.70. The summed E-state index contributed by atoms with van der Waals surface area (Å²) in [5, 5.41) is 9.93. The highest BCUT2D eigenvalue weighted by Gasteiger charge is 2.45. The molecule has 5 aromatic rings. The zero-order valence-corrected chi connectivity index (χ0v) is 24.5. The molecule has 0 amide bonds. The molecule has 1 aliphatic heterocycles. The van der Waals surface area contributed by atoms with Gasteiger partial charge in [-0.2, -0.15) is 14.5 Å². The highest BCUT2D eigenvalue weighted by atomic mass is 32.2. The Morgan fingerprint density at radius 1 is 1.05 bits per heavy atom. The molecule has 6 rings (SSSR count). The van der Waals surface area contributed by atoms with E-state index in [1.54, 1.807) is 40.3 Å². The summed E-state index contributed by atoms with van der Waals surface area (Å²) in [5.41, 5.74) is 4.64. The van der Waals surface area contributed by atoms with Crippen LogP contribution in [0.4, 0.5) is 0 Å². The smallest absolute Gasteiger partial charge is 0.262 e. The predicted octanol–water partition coefficient (Wildman–Crippen LogP) is 4.39. The van der Waals surface area contributed by atoms with Gasteiger partial charge in [-0.25, -0.2) is 13.1 Å². The van der Waals surface area contributed by atoms with Crippen molar-refractivity contribution in [1.29, 1.82) is 0 Å². The van der Waals surface area contributed by atoms with Gasteiger partial charge in [-0.05, 0) is 74.6 Å². The number of rotatable bonds is 7. The maximum atomic E-state index is 13.6. The van der Waals surface area contributed by atoms with E-state index in [0.29, 0.717) is 25.9 Å². The second kappa shape index (κ2) is 10.1. The summed E-state index contributed by atoms with van der Waals surface area (Å²) in [5.74, 6) is 0. The Balaban J connectivity index is 1.44. The number of fused-ring (bicyclic) bond motifs is 1. The third kappa shape index (κ3) is 4.81. The zero-order valence-electron chi connectivity index (χ0n) is 23.7. The van der Waals surface area contributed by atoms with Crippen molar-refractivity contribution in [2.24, 2.45) is 7.05 Å². The summed E-state index contributed by atoms with van der Waals surface area (Å²) >= 11 is 0. The molecule has 3 aromatic heterocycles. The molecular formula is C31H34N6O3S. The summed E-state index contributed by atoms with van der Waals surface area (Å²) in [6.45, 7) is 6.82. The fourth-order valence-electron chi connectivity index (χ4n) is 6.13. The minimum atomic E-state index is -3.73. The van der Waals surface area contributed by atoms with Crippen LogP contribution in [-0.2, 0) is 28.9 Å². The molecule has 212 valence electrons. The minimum absolute atomic E-state index is 0.0307. The van der Waals surface area contributed by atoms with Crippen LogP contribution in [0.5, 0.6) is 0 Å². The number of sulfonamides is 1. The number of hydrogen-bond donors (Lipinski definition) is 0. The summed E-state index contributed by atoms with van der Waals surface area (Å²) in [6, 6.07) is 19.5. The maximum Gasteiger partial charge on any atom is 0.262 e. The van der Waals surface area contributed by atoms with Crippen LogP contribution >= 0.6 is 0 Å². The van der Waals surface area contributed by atoms with Crippen molar-refractivity contribution in [3.63, 3.8) is 0 Å².